The summed E-state index contributed by atoms with van der Waals surface area (Å²) in [5, 5.41) is 0.542. The van der Waals surface area contributed by atoms with Crippen LogP contribution >= 0.6 is 11.6 Å². The Morgan fingerprint density at radius 3 is 2.29 bits per heavy atom. The van der Waals surface area contributed by atoms with E-state index in [2.05, 4.69) is 9.97 Å². The standard InChI is InChI=1S/C18H15ClN2O2S/c1-12-2-5-15(9-20-12)18-17(8-16(19)10-21-18)14-6-3-13(4-7-14)11-24(22)23/h2-10,24H,11H2,1H3. The van der Waals surface area contributed by atoms with Crippen LogP contribution in [0.2, 0.25) is 5.02 Å². The maximum absolute atomic E-state index is 10.8. The van der Waals surface area contributed by atoms with Crippen molar-refractivity contribution in [3.05, 3.63) is 71.1 Å². The maximum Gasteiger partial charge on any atom is 0.144 e. The summed E-state index contributed by atoms with van der Waals surface area (Å²) in [6.07, 6.45) is 3.39. The molecule has 3 aromatic rings. The third-order valence-corrected chi connectivity index (χ3v) is 4.45. The minimum atomic E-state index is -2.43. The summed E-state index contributed by atoms with van der Waals surface area (Å²) >= 11 is 6.12. The molecule has 0 aliphatic rings. The van der Waals surface area contributed by atoms with Crippen molar-refractivity contribution in [2.75, 3.05) is 0 Å². The zero-order chi connectivity index (χ0) is 17.1. The summed E-state index contributed by atoms with van der Waals surface area (Å²) in [6, 6.07) is 13.1. The number of rotatable bonds is 4. The van der Waals surface area contributed by atoms with Crippen LogP contribution < -0.4 is 0 Å². The largest absolute Gasteiger partial charge is 0.261 e. The van der Waals surface area contributed by atoms with Gasteiger partial charge in [-0.15, -0.1) is 0 Å². The Kier molecular flexibility index (Phi) is 4.92. The van der Waals surface area contributed by atoms with Gasteiger partial charge >= 0.3 is 0 Å². The van der Waals surface area contributed by atoms with Crippen molar-refractivity contribution in [1.82, 2.24) is 9.97 Å². The van der Waals surface area contributed by atoms with Gasteiger partial charge in [0, 0.05) is 29.2 Å². The Balaban J connectivity index is 2.06. The van der Waals surface area contributed by atoms with E-state index in [0.717, 1.165) is 33.6 Å². The Morgan fingerprint density at radius 2 is 1.67 bits per heavy atom. The highest BCUT2D eigenvalue weighted by molar-refractivity contribution is 7.71. The first kappa shape index (κ1) is 16.6. The number of hydrogen-bond donors (Lipinski definition) is 1. The third-order valence-electron chi connectivity index (χ3n) is 3.62. The van der Waals surface area contributed by atoms with Crippen molar-refractivity contribution in [3.63, 3.8) is 0 Å². The molecule has 4 nitrogen and oxygen atoms in total. The van der Waals surface area contributed by atoms with Crippen LogP contribution in [-0.4, -0.2) is 18.4 Å². The number of hydrogen-bond acceptors (Lipinski definition) is 4. The van der Waals surface area contributed by atoms with Crippen LogP contribution in [0.3, 0.4) is 0 Å². The fourth-order valence-electron chi connectivity index (χ4n) is 2.44. The van der Waals surface area contributed by atoms with Crippen LogP contribution in [-0.2, 0) is 16.5 Å². The molecule has 6 heteroatoms. The molecule has 24 heavy (non-hydrogen) atoms. The smallest absolute Gasteiger partial charge is 0.144 e. The number of aromatic nitrogens is 2. The van der Waals surface area contributed by atoms with E-state index in [1.165, 1.54) is 0 Å². The van der Waals surface area contributed by atoms with Gasteiger partial charge in [0.15, 0.2) is 0 Å². The normalized spacial score (nSPS) is 11.0. The highest BCUT2D eigenvalue weighted by atomic mass is 35.5. The summed E-state index contributed by atoms with van der Waals surface area (Å²) in [7, 11) is -2.43. The molecule has 0 radical (unpaired) electrons. The molecule has 0 saturated heterocycles. The van der Waals surface area contributed by atoms with Gasteiger partial charge in [0.25, 0.3) is 0 Å². The van der Waals surface area contributed by atoms with E-state index < -0.39 is 10.7 Å². The van der Waals surface area contributed by atoms with Crippen LogP contribution in [0.5, 0.6) is 0 Å². The first-order valence-electron chi connectivity index (χ1n) is 7.32. The SMILES string of the molecule is Cc1ccc(-c2ncc(Cl)cc2-c2ccc(C[SH](=O)=O)cc2)cn1. The molecule has 2 aromatic heterocycles. The number of nitrogens with zero attached hydrogens (tertiary/aromatic N) is 2. The molecule has 0 bridgehead atoms. The van der Waals surface area contributed by atoms with Gasteiger partial charge in [-0.1, -0.05) is 35.9 Å². The van der Waals surface area contributed by atoms with Gasteiger partial charge in [0.05, 0.1) is 16.5 Å². The van der Waals surface area contributed by atoms with Gasteiger partial charge in [-0.3, -0.25) is 9.97 Å². The molecule has 0 spiro atoms. The molecule has 0 N–H and O–H groups in total. The van der Waals surface area contributed by atoms with Crippen molar-refractivity contribution in [3.8, 4) is 22.4 Å². The fraction of sp³-hybridized carbons (Fsp3) is 0.111. The van der Waals surface area contributed by atoms with E-state index in [4.69, 9.17) is 11.6 Å². The number of pyridine rings is 2. The molecule has 0 aliphatic heterocycles. The minimum absolute atomic E-state index is 0.0398. The van der Waals surface area contributed by atoms with Gasteiger partial charge < -0.3 is 0 Å². The highest BCUT2D eigenvalue weighted by Crippen LogP contribution is 2.32. The molecule has 0 saturated carbocycles. The lowest BCUT2D eigenvalue weighted by Gasteiger charge is -2.10. The van der Waals surface area contributed by atoms with Crippen LogP contribution in [0.15, 0.2) is 54.9 Å². The third kappa shape index (κ3) is 3.80. The zero-order valence-electron chi connectivity index (χ0n) is 12.9. The van der Waals surface area contributed by atoms with Crippen molar-refractivity contribution >= 4 is 22.3 Å². The van der Waals surface area contributed by atoms with Crippen molar-refractivity contribution in [2.24, 2.45) is 0 Å². The monoisotopic (exact) mass is 358 g/mol. The van der Waals surface area contributed by atoms with Crippen LogP contribution in [0.4, 0.5) is 0 Å². The molecule has 3 rings (SSSR count). The van der Waals surface area contributed by atoms with Crippen molar-refractivity contribution < 1.29 is 8.42 Å². The Morgan fingerprint density at radius 1 is 0.958 bits per heavy atom. The van der Waals surface area contributed by atoms with E-state index in [1.807, 2.05) is 37.3 Å². The molecular weight excluding hydrogens is 344 g/mol. The summed E-state index contributed by atoms with van der Waals surface area (Å²) in [5.41, 5.74) is 5.18. The average Bonchev–Trinajstić information content (AvgIpc) is 2.56. The lowest BCUT2D eigenvalue weighted by atomic mass is 9.99. The summed E-state index contributed by atoms with van der Waals surface area (Å²) in [4.78, 5) is 8.78. The highest BCUT2D eigenvalue weighted by Gasteiger charge is 2.11. The molecule has 1 aromatic carbocycles. The molecule has 0 fully saturated rings. The number of thiol groups is 1. The topological polar surface area (TPSA) is 59.9 Å². The van der Waals surface area contributed by atoms with Crippen LogP contribution in [0.1, 0.15) is 11.3 Å². The van der Waals surface area contributed by atoms with Gasteiger partial charge in [0.2, 0.25) is 0 Å². The lowest BCUT2D eigenvalue weighted by molar-refractivity contribution is 0.614. The molecule has 0 unspecified atom stereocenters. The first-order valence-corrected chi connectivity index (χ1v) is 9.06. The predicted molar refractivity (Wildman–Crippen MR) is 96.7 cm³/mol. The minimum Gasteiger partial charge on any atom is -0.261 e. The zero-order valence-corrected chi connectivity index (χ0v) is 14.6. The number of benzene rings is 1. The second-order valence-corrected chi connectivity index (χ2v) is 6.84. The first-order chi connectivity index (χ1) is 11.5. The molecule has 0 amide bonds. The molecule has 122 valence electrons. The lowest BCUT2D eigenvalue weighted by Crippen LogP contribution is -1.92. The second kappa shape index (κ2) is 7.11. The summed E-state index contributed by atoms with van der Waals surface area (Å²) < 4.78 is 21.7. The van der Waals surface area contributed by atoms with E-state index in [1.54, 1.807) is 24.5 Å². The average molecular weight is 359 g/mol. The summed E-state index contributed by atoms with van der Waals surface area (Å²) in [6.45, 7) is 1.93. The van der Waals surface area contributed by atoms with Crippen molar-refractivity contribution in [2.45, 2.75) is 12.7 Å². The van der Waals surface area contributed by atoms with Crippen LogP contribution in [0.25, 0.3) is 22.4 Å². The second-order valence-electron chi connectivity index (χ2n) is 5.43. The molecule has 2 heterocycles. The van der Waals surface area contributed by atoms with Crippen LogP contribution in [0, 0.1) is 6.92 Å². The Bertz CT molecular complexity index is 928. The Hall–Kier alpha value is -2.24. The maximum atomic E-state index is 10.8. The predicted octanol–water partition coefficient (Wildman–Crippen LogP) is 3.88. The Labute approximate surface area is 147 Å². The molecule has 0 atom stereocenters. The van der Waals surface area contributed by atoms with Gasteiger partial charge in [-0.2, -0.15) is 0 Å². The van der Waals surface area contributed by atoms with Gasteiger partial charge in [0.1, 0.15) is 10.7 Å². The summed E-state index contributed by atoms with van der Waals surface area (Å²) in [5.74, 6) is 0.0398. The van der Waals surface area contributed by atoms with E-state index >= 15 is 0 Å². The van der Waals surface area contributed by atoms with Gasteiger partial charge in [-0.05, 0) is 36.2 Å². The van der Waals surface area contributed by atoms with E-state index in [-0.39, 0.29) is 5.75 Å². The van der Waals surface area contributed by atoms with E-state index in [9.17, 15) is 8.42 Å². The molecule has 0 aliphatic carbocycles. The molecular formula is C18H15ClN2O2S. The van der Waals surface area contributed by atoms with Crippen molar-refractivity contribution in [1.29, 1.82) is 0 Å². The van der Waals surface area contributed by atoms with Gasteiger partial charge in [-0.25, -0.2) is 8.42 Å². The number of aryl methyl sites for hydroxylation is 1. The number of halogens is 1. The fourth-order valence-corrected chi connectivity index (χ4v) is 3.10. The van der Waals surface area contributed by atoms with E-state index in [0.29, 0.717) is 5.02 Å². The quantitative estimate of drug-likeness (QED) is 0.719.